The molecule has 6 rings (SSSR count). The molecule has 0 spiro atoms. The molecule has 31 heavy (non-hydrogen) atoms. The summed E-state index contributed by atoms with van der Waals surface area (Å²) in [6, 6.07) is 26.3. The van der Waals surface area contributed by atoms with Gasteiger partial charge in [0.25, 0.3) is 5.56 Å². The molecule has 0 saturated carbocycles. The predicted octanol–water partition coefficient (Wildman–Crippen LogP) is 4.43. The molecule has 0 amide bonds. The Morgan fingerprint density at radius 3 is 2.19 bits per heavy atom. The molecule has 4 heteroatoms. The molecule has 2 aromatic carbocycles. The van der Waals surface area contributed by atoms with Gasteiger partial charge in [-0.1, -0.05) is 72.5 Å². The third-order valence-electron chi connectivity index (χ3n) is 5.59. The van der Waals surface area contributed by atoms with Crippen LogP contribution in [-0.4, -0.2) is 15.3 Å². The highest BCUT2D eigenvalue weighted by atomic mass is 16.1. The maximum absolute atomic E-state index is 13.4. The van der Waals surface area contributed by atoms with Gasteiger partial charge in [-0.3, -0.25) is 14.2 Å². The highest BCUT2D eigenvalue weighted by Gasteiger charge is 2.38. The number of fused-ring (bicyclic) bond motifs is 6. The van der Waals surface area contributed by atoms with Gasteiger partial charge in [-0.15, -0.1) is 0 Å². The largest absolute Gasteiger partial charge is 0.285 e. The first-order valence-electron chi connectivity index (χ1n) is 9.92. The number of nitrogens with zero attached hydrogens (tertiary/aromatic N) is 2. The number of hydrogen-bond acceptors (Lipinski definition) is 3. The summed E-state index contributed by atoms with van der Waals surface area (Å²) in [5.74, 6) is 6.32. The average Bonchev–Trinajstić information content (AvgIpc) is 3.12. The Balaban J connectivity index is 1.74. The minimum Gasteiger partial charge on any atom is -0.285 e. The SMILES string of the molecule is O=C1c2c3cccccc-3c(C#Cc3ccccc3)c2-n2c1nc1ccccc1c2=O. The highest BCUT2D eigenvalue weighted by molar-refractivity contribution is 6.20. The number of benzene rings is 2. The van der Waals surface area contributed by atoms with Gasteiger partial charge in [0.05, 0.1) is 27.7 Å². The first-order valence-corrected chi connectivity index (χ1v) is 9.92. The molecule has 1 aliphatic heterocycles. The van der Waals surface area contributed by atoms with Crippen LogP contribution in [-0.2, 0) is 0 Å². The molecule has 1 aromatic heterocycles. The second-order valence-electron chi connectivity index (χ2n) is 7.37. The van der Waals surface area contributed by atoms with Gasteiger partial charge >= 0.3 is 0 Å². The van der Waals surface area contributed by atoms with Crippen LogP contribution in [0.1, 0.15) is 27.3 Å². The van der Waals surface area contributed by atoms with Crippen molar-refractivity contribution in [1.82, 2.24) is 9.55 Å². The molecule has 0 N–H and O–H groups in total. The zero-order valence-electron chi connectivity index (χ0n) is 16.3. The van der Waals surface area contributed by atoms with E-state index in [2.05, 4.69) is 16.8 Å². The second kappa shape index (κ2) is 6.51. The molecule has 0 saturated heterocycles. The van der Waals surface area contributed by atoms with E-state index < -0.39 is 0 Å². The Morgan fingerprint density at radius 1 is 0.710 bits per heavy atom. The van der Waals surface area contributed by atoms with Crippen molar-refractivity contribution in [1.29, 1.82) is 0 Å². The average molecular weight is 398 g/mol. The third kappa shape index (κ3) is 2.47. The summed E-state index contributed by atoms with van der Waals surface area (Å²) in [6.07, 6.45) is 0. The van der Waals surface area contributed by atoms with Gasteiger partial charge in [0, 0.05) is 11.1 Å². The summed E-state index contributed by atoms with van der Waals surface area (Å²) in [6.45, 7) is 0. The lowest BCUT2D eigenvalue weighted by Gasteiger charge is -2.06. The number of para-hydroxylation sites is 1. The Morgan fingerprint density at radius 2 is 1.39 bits per heavy atom. The summed E-state index contributed by atoms with van der Waals surface area (Å²) in [5.41, 5.74) is 4.43. The van der Waals surface area contributed by atoms with Crippen molar-refractivity contribution < 1.29 is 4.79 Å². The quantitative estimate of drug-likeness (QED) is 0.356. The standard InChI is InChI=1S/C27H14N2O2/c30-25-23-19-12-6-2-5-11-18(19)20(16-15-17-9-3-1-4-10-17)24(23)29-26(25)28-22-14-8-7-13-21(22)27(29)31/h1-14H. The van der Waals surface area contributed by atoms with Crippen LogP contribution in [0.15, 0.2) is 89.7 Å². The van der Waals surface area contributed by atoms with E-state index in [9.17, 15) is 9.59 Å². The molecule has 0 fully saturated rings. The topological polar surface area (TPSA) is 52.0 Å². The first kappa shape index (κ1) is 17.4. The number of hydrogen-bond donors (Lipinski definition) is 0. The Kier molecular flexibility index (Phi) is 3.65. The summed E-state index contributed by atoms with van der Waals surface area (Å²) >= 11 is 0. The third-order valence-corrected chi connectivity index (χ3v) is 5.59. The van der Waals surface area contributed by atoms with Crippen LogP contribution in [0, 0.1) is 11.8 Å². The summed E-state index contributed by atoms with van der Waals surface area (Å²) in [7, 11) is 0. The van der Waals surface area contributed by atoms with Gasteiger partial charge in [0.2, 0.25) is 5.78 Å². The zero-order chi connectivity index (χ0) is 20.9. The monoisotopic (exact) mass is 398 g/mol. The molecular formula is C27H14N2O2. The Labute approximate surface area is 177 Å². The molecule has 0 unspecified atom stereocenters. The van der Waals surface area contributed by atoms with Gasteiger partial charge in [0.15, 0.2) is 5.82 Å². The number of carbonyl (C=O) groups is 1. The van der Waals surface area contributed by atoms with Gasteiger partial charge in [-0.05, 0) is 29.8 Å². The van der Waals surface area contributed by atoms with Crippen molar-refractivity contribution in [2.45, 2.75) is 0 Å². The minimum atomic E-state index is -0.254. The molecule has 0 atom stereocenters. The van der Waals surface area contributed by atoms with Crippen LogP contribution in [0.25, 0.3) is 27.7 Å². The lowest BCUT2D eigenvalue weighted by atomic mass is 10.1. The van der Waals surface area contributed by atoms with Crippen molar-refractivity contribution >= 4 is 16.7 Å². The zero-order valence-corrected chi connectivity index (χ0v) is 16.3. The number of carbonyl (C=O) groups excluding carboxylic acids is 1. The van der Waals surface area contributed by atoms with Crippen molar-refractivity contribution in [2.75, 3.05) is 0 Å². The van der Waals surface area contributed by atoms with E-state index in [-0.39, 0.29) is 17.2 Å². The van der Waals surface area contributed by atoms with Gasteiger partial charge in [-0.2, -0.15) is 0 Å². The Hall–Kier alpha value is -4.49. The van der Waals surface area contributed by atoms with E-state index in [1.54, 1.807) is 18.2 Å². The predicted molar refractivity (Wildman–Crippen MR) is 120 cm³/mol. The van der Waals surface area contributed by atoms with Crippen molar-refractivity contribution in [3.8, 4) is 28.7 Å². The fraction of sp³-hybridized carbons (Fsp3) is 0. The van der Waals surface area contributed by atoms with Crippen LogP contribution in [0.4, 0.5) is 0 Å². The summed E-state index contributed by atoms with van der Waals surface area (Å²) in [4.78, 5) is 31.4. The second-order valence-corrected chi connectivity index (χ2v) is 7.37. The molecule has 0 radical (unpaired) electrons. The highest BCUT2D eigenvalue weighted by Crippen LogP contribution is 2.42. The Bertz CT molecular complexity index is 1620. The summed E-state index contributed by atoms with van der Waals surface area (Å²) < 4.78 is 1.44. The molecule has 3 aromatic rings. The molecule has 2 aliphatic carbocycles. The summed E-state index contributed by atoms with van der Waals surface area (Å²) in [5, 5.41) is 0.477. The van der Waals surface area contributed by atoms with E-state index >= 15 is 0 Å². The molecular weight excluding hydrogens is 384 g/mol. The van der Waals surface area contributed by atoms with E-state index in [1.807, 2.05) is 66.7 Å². The van der Waals surface area contributed by atoms with Gasteiger partial charge in [0.1, 0.15) is 0 Å². The molecule has 2 heterocycles. The molecule has 0 bridgehead atoms. The fourth-order valence-electron chi connectivity index (χ4n) is 4.20. The maximum Gasteiger partial charge on any atom is 0.266 e. The lowest BCUT2D eigenvalue weighted by molar-refractivity contribution is 0.103. The first-order chi connectivity index (χ1) is 15.2. The fourth-order valence-corrected chi connectivity index (χ4v) is 4.20. The van der Waals surface area contributed by atoms with Crippen molar-refractivity contribution in [3.63, 3.8) is 0 Å². The van der Waals surface area contributed by atoms with Crippen LogP contribution in [0.5, 0.6) is 0 Å². The number of rotatable bonds is 0. The van der Waals surface area contributed by atoms with Crippen molar-refractivity contribution in [3.05, 3.63) is 118 Å². The lowest BCUT2D eigenvalue weighted by Crippen LogP contribution is -2.22. The maximum atomic E-state index is 13.4. The smallest absolute Gasteiger partial charge is 0.266 e. The molecule has 3 aliphatic rings. The minimum absolute atomic E-state index is 0.143. The normalized spacial score (nSPS) is 11.8. The van der Waals surface area contributed by atoms with Gasteiger partial charge < -0.3 is 0 Å². The molecule has 4 nitrogen and oxygen atoms in total. The van der Waals surface area contributed by atoms with E-state index in [1.165, 1.54) is 4.57 Å². The van der Waals surface area contributed by atoms with E-state index in [4.69, 9.17) is 0 Å². The van der Waals surface area contributed by atoms with Crippen LogP contribution >= 0.6 is 0 Å². The van der Waals surface area contributed by atoms with E-state index in [0.717, 1.165) is 16.7 Å². The van der Waals surface area contributed by atoms with E-state index in [0.29, 0.717) is 27.7 Å². The van der Waals surface area contributed by atoms with Crippen LogP contribution in [0.3, 0.4) is 0 Å². The van der Waals surface area contributed by atoms with Crippen LogP contribution < -0.4 is 5.56 Å². The number of ketones is 1. The van der Waals surface area contributed by atoms with Gasteiger partial charge in [-0.25, -0.2) is 4.98 Å². The van der Waals surface area contributed by atoms with Crippen molar-refractivity contribution in [2.24, 2.45) is 0 Å². The van der Waals surface area contributed by atoms with Crippen LogP contribution in [0.2, 0.25) is 0 Å². The molecule has 144 valence electrons. The number of aromatic nitrogens is 2.